The molecular formula is C9H20N3+. The molecule has 0 atom stereocenters. The fraction of sp³-hybridized carbons (Fsp3) is 0.667. The normalized spacial score (nSPS) is 9.42. The summed E-state index contributed by atoms with van der Waals surface area (Å²) in [6.45, 7) is 8.88. The summed E-state index contributed by atoms with van der Waals surface area (Å²) in [5.74, 6) is 1.03. The van der Waals surface area contributed by atoms with E-state index in [-0.39, 0.29) is 0 Å². The Morgan fingerprint density at radius 3 is 2.17 bits per heavy atom. The van der Waals surface area contributed by atoms with Gasteiger partial charge in [0, 0.05) is 0 Å². The lowest BCUT2D eigenvalue weighted by atomic mass is 10.3. The third-order valence-corrected chi connectivity index (χ3v) is 1.71. The molecular weight excluding hydrogens is 150 g/mol. The molecule has 0 aromatic carbocycles. The van der Waals surface area contributed by atoms with Crippen LogP contribution >= 0.6 is 0 Å². The largest absolute Gasteiger partial charge is 0.345 e. The summed E-state index contributed by atoms with van der Waals surface area (Å²) in [6.07, 6.45) is 1.90. The van der Waals surface area contributed by atoms with Crippen molar-refractivity contribution < 1.29 is 4.58 Å². The minimum absolute atomic E-state index is 0.470. The first kappa shape index (κ1) is 11.0. The molecule has 0 heterocycles. The van der Waals surface area contributed by atoms with Gasteiger partial charge in [-0.1, -0.05) is 12.7 Å². The third-order valence-electron chi connectivity index (χ3n) is 1.71. The maximum absolute atomic E-state index is 3.72. The van der Waals surface area contributed by atoms with E-state index in [9.17, 15) is 0 Å². The quantitative estimate of drug-likeness (QED) is 0.277. The zero-order valence-corrected chi connectivity index (χ0v) is 8.52. The van der Waals surface area contributed by atoms with Gasteiger partial charge in [0.25, 0.3) is 0 Å². The Morgan fingerprint density at radius 1 is 1.42 bits per heavy atom. The second kappa shape index (κ2) is 5.63. The summed E-state index contributed by atoms with van der Waals surface area (Å²) in [6, 6.07) is 0.470. The second-order valence-electron chi connectivity index (χ2n) is 2.88. The maximum Gasteiger partial charge on any atom is 0.345 e. The topological polar surface area (TPSA) is 27.1 Å². The van der Waals surface area contributed by atoms with E-state index in [1.165, 1.54) is 0 Å². The highest BCUT2D eigenvalue weighted by Gasteiger charge is 2.09. The highest BCUT2D eigenvalue weighted by atomic mass is 15.2. The van der Waals surface area contributed by atoms with Crippen molar-refractivity contribution in [2.45, 2.75) is 19.9 Å². The van der Waals surface area contributed by atoms with Crippen molar-refractivity contribution in [3.63, 3.8) is 0 Å². The number of nitrogens with zero attached hydrogens (tertiary/aromatic N) is 1. The first-order valence-electron chi connectivity index (χ1n) is 4.27. The van der Waals surface area contributed by atoms with Crippen LogP contribution in [0.2, 0.25) is 0 Å². The molecule has 70 valence electrons. The van der Waals surface area contributed by atoms with Crippen molar-refractivity contribution in [2.24, 2.45) is 0 Å². The molecule has 0 saturated heterocycles. The van der Waals surface area contributed by atoms with Gasteiger partial charge < -0.3 is 0 Å². The van der Waals surface area contributed by atoms with Crippen LogP contribution < -0.4 is 10.6 Å². The molecule has 3 nitrogen and oxygen atoms in total. The van der Waals surface area contributed by atoms with Gasteiger partial charge in [0.1, 0.15) is 0 Å². The summed E-state index contributed by atoms with van der Waals surface area (Å²) in [7, 11) is 3.81. The molecule has 2 N–H and O–H groups in total. The third kappa shape index (κ3) is 2.95. The molecule has 0 unspecified atom stereocenters. The SMILES string of the molecule is C=CC[N+](=C(NC)NC)C(C)C. The standard InChI is InChI=1S/C9H19N3/c1-6-7-12(8(2)3)9(10-4)11-5/h6,8H,1,7H2,2-5H3,(H,10,11)/p+1. The molecule has 0 rings (SSSR count). The number of hydrogen-bond donors (Lipinski definition) is 2. The van der Waals surface area contributed by atoms with E-state index in [1.54, 1.807) is 0 Å². The summed E-state index contributed by atoms with van der Waals surface area (Å²) in [5.41, 5.74) is 0. The predicted molar refractivity (Wildman–Crippen MR) is 53.6 cm³/mol. The van der Waals surface area contributed by atoms with E-state index in [0.717, 1.165) is 12.5 Å². The Bertz CT molecular complexity index is 165. The Labute approximate surface area is 75.2 Å². The van der Waals surface area contributed by atoms with Gasteiger partial charge in [-0.3, -0.25) is 15.2 Å². The van der Waals surface area contributed by atoms with Crippen LogP contribution in [-0.4, -0.2) is 37.2 Å². The number of rotatable bonds is 3. The molecule has 0 aromatic heterocycles. The van der Waals surface area contributed by atoms with Crippen molar-refractivity contribution >= 4 is 5.96 Å². The Kier molecular flexibility index (Phi) is 5.17. The summed E-state index contributed by atoms with van der Waals surface area (Å²) >= 11 is 0. The minimum Gasteiger partial charge on any atom is -0.281 e. The molecule has 3 heteroatoms. The molecule has 0 amide bonds. The van der Waals surface area contributed by atoms with Gasteiger partial charge in [-0.25, -0.2) is 0 Å². The molecule has 0 radical (unpaired) electrons. The van der Waals surface area contributed by atoms with Crippen LogP contribution in [0.5, 0.6) is 0 Å². The average molecular weight is 170 g/mol. The van der Waals surface area contributed by atoms with Crippen molar-refractivity contribution in [1.29, 1.82) is 0 Å². The van der Waals surface area contributed by atoms with Crippen LogP contribution in [0.4, 0.5) is 0 Å². The molecule has 0 aromatic rings. The zero-order chi connectivity index (χ0) is 9.56. The van der Waals surface area contributed by atoms with Gasteiger partial charge in [-0.05, 0) is 13.8 Å². The van der Waals surface area contributed by atoms with Crippen LogP contribution in [-0.2, 0) is 0 Å². The number of hydrogen-bond acceptors (Lipinski definition) is 0. The zero-order valence-electron chi connectivity index (χ0n) is 8.52. The van der Waals surface area contributed by atoms with Gasteiger partial charge in [0.15, 0.2) is 0 Å². The van der Waals surface area contributed by atoms with E-state index >= 15 is 0 Å². The lowest BCUT2D eigenvalue weighted by Crippen LogP contribution is -2.43. The highest BCUT2D eigenvalue weighted by molar-refractivity contribution is 5.74. The van der Waals surface area contributed by atoms with E-state index in [0.29, 0.717) is 6.04 Å². The molecule has 12 heavy (non-hydrogen) atoms. The summed E-state index contributed by atoms with van der Waals surface area (Å²) in [4.78, 5) is 0. The first-order chi connectivity index (χ1) is 5.67. The summed E-state index contributed by atoms with van der Waals surface area (Å²) < 4.78 is 2.20. The molecule has 0 bridgehead atoms. The molecule has 0 aliphatic rings. The van der Waals surface area contributed by atoms with Gasteiger partial charge in [0.2, 0.25) is 0 Å². The van der Waals surface area contributed by atoms with Crippen LogP contribution in [0, 0.1) is 0 Å². The molecule has 0 fully saturated rings. The predicted octanol–water partition coefficient (Wildman–Crippen LogP) is 0.388. The molecule has 0 aliphatic heterocycles. The fourth-order valence-electron chi connectivity index (χ4n) is 1.11. The van der Waals surface area contributed by atoms with Gasteiger partial charge in [-0.15, -0.1) is 0 Å². The monoisotopic (exact) mass is 170 g/mol. The van der Waals surface area contributed by atoms with E-state index in [4.69, 9.17) is 0 Å². The van der Waals surface area contributed by atoms with Crippen LogP contribution in [0.15, 0.2) is 12.7 Å². The second-order valence-corrected chi connectivity index (χ2v) is 2.88. The Hall–Kier alpha value is -0.990. The molecule has 0 aliphatic carbocycles. The van der Waals surface area contributed by atoms with Crippen LogP contribution in [0.3, 0.4) is 0 Å². The van der Waals surface area contributed by atoms with Gasteiger partial charge in [-0.2, -0.15) is 0 Å². The Morgan fingerprint density at radius 2 is 1.92 bits per heavy atom. The van der Waals surface area contributed by atoms with Crippen molar-refractivity contribution in [3.8, 4) is 0 Å². The lowest BCUT2D eigenvalue weighted by Gasteiger charge is -2.13. The minimum atomic E-state index is 0.470. The smallest absolute Gasteiger partial charge is 0.281 e. The first-order valence-corrected chi connectivity index (χ1v) is 4.27. The van der Waals surface area contributed by atoms with E-state index in [1.807, 2.05) is 20.2 Å². The van der Waals surface area contributed by atoms with E-state index < -0.39 is 0 Å². The van der Waals surface area contributed by atoms with E-state index in [2.05, 4.69) is 35.6 Å². The van der Waals surface area contributed by atoms with Crippen molar-refractivity contribution in [3.05, 3.63) is 12.7 Å². The van der Waals surface area contributed by atoms with Crippen molar-refractivity contribution in [2.75, 3.05) is 20.6 Å². The highest BCUT2D eigenvalue weighted by Crippen LogP contribution is 1.88. The maximum atomic E-state index is 3.72. The van der Waals surface area contributed by atoms with Crippen LogP contribution in [0.25, 0.3) is 0 Å². The number of guanidine groups is 1. The molecule has 0 spiro atoms. The fourth-order valence-corrected chi connectivity index (χ4v) is 1.11. The molecule has 0 saturated carbocycles. The Balaban J connectivity index is 4.62. The van der Waals surface area contributed by atoms with Gasteiger partial charge >= 0.3 is 5.96 Å². The lowest BCUT2D eigenvalue weighted by molar-refractivity contribution is -0.552. The van der Waals surface area contributed by atoms with Crippen molar-refractivity contribution in [1.82, 2.24) is 10.6 Å². The number of nitrogens with one attached hydrogen (secondary N) is 2. The van der Waals surface area contributed by atoms with Crippen LogP contribution in [0.1, 0.15) is 13.8 Å². The average Bonchev–Trinajstić information content (AvgIpc) is 2.05. The van der Waals surface area contributed by atoms with Gasteiger partial charge in [0.05, 0.1) is 26.7 Å². The summed E-state index contributed by atoms with van der Waals surface area (Å²) in [5, 5.41) is 6.20.